The third kappa shape index (κ3) is 4.61. The second-order valence-electron chi connectivity index (χ2n) is 4.29. The first-order chi connectivity index (χ1) is 8.54. The van der Waals surface area contributed by atoms with Crippen molar-refractivity contribution in [3.05, 3.63) is 28.8 Å². The van der Waals surface area contributed by atoms with Gasteiger partial charge in [0.15, 0.2) is 0 Å². The normalized spacial score (nSPS) is 10.4. The van der Waals surface area contributed by atoms with Gasteiger partial charge >= 0.3 is 5.97 Å². The maximum Gasteiger partial charge on any atom is 0.306 e. The molecule has 0 saturated heterocycles. The molecular weight excluding hydrogens is 248 g/mol. The number of aromatic hydroxyl groups is 1. The van der Waals surface area contributed by atoms with E-state index in [1.165, 1.54) is 0 Å². The van der Waals surface area contributed by atoms with E-state index in [4.69, 9.17) is 4.74 Å². The summed E-state index contributed by atoms with van der Waals surface area (Å²) in [5.74, 6) is 1.01. The number of phenolic OH excluding ortho intramolecular Hbond substituents is 1. The molecule has 0 atom stereocenters. The monoisotopic (exact) mass is 268 g/mol. The van der Waals surface area contributed by atoms with Crippen LogP contribution >= 0.6 is 11.8 Å². The fourth-order valence-electron chi connectivity index (χ4n) is 1.75. The van der Waals surface area contributed by atoms with Crippen LogP contribution in [0, 0.1) is 13.8 Å². The van der Waals surface area contributed by atoms with Crippen LogP contribution in [0.5, 0.6) is 5.75 Å². The molecule has 4 heteroatoms. The zero-order chi connectivity index (χ0) is 13.5. The van der Waals surface area contributed by atoms with Crippen molar-refractivity contribution >= 4 is 17.7 Å². The van der Waals surface area contributed by atoms with Gasteiger partial charge in [0.25, 0.3) is 0 Å². The molecule has 0 bridgehead atoms. The summed E-state index contributed by atoms with van der Waals surface area (Å²) in [4.78, 5) is 11.4. The zero-order valence-corrected chi connectivity index (χ0v) is 12.0. The van der Waals surface area contributed by atoms with Gasteiger partial charge in [-0.1, -0.05) is 12.1 Å². The first-order valence-corrected chi connectivity index (χ1v) is 7.37. The molecule has 0 aliphatic heterocycles. The summed E-state index contributed by atoms with van der Waals surface area (Å²) in [7, 11) is 0. The number of esters is 1. The average molecular weight is 268 g/mol. The molecule has 0 radical (unpaired) electrons. The van der Waals surface area contributed by atoms with Gasteiger partial charge in [0.05, 0.1) is 0 Å². The minimum Gasteiger partial charge on any atom is -0.507 e. The predicted octanol–water partition coefficient (Wildman–Crippen LogP) is 2.85. The van der Waals surface area contributed by atoms with Crippen LogP contribution in [0.15, 0.2) is 12.1 Å². The maximum absolute atomic E-state index is 11.4. The highest BCUT2D eigenvalue weighted by Crippen LogP contribution is 2.23. The number of carbonyl (C=O) groups excluding carboxylic acids is 1. The van der Waals surface area contributed by atoms with E-state index in [1.807, 2.05) is 32.2 Å². The number of rotatable bonds is 6. The van der Waals surface area contributed by atoms with Crippen LogP contribution in [-0.2, 0) is 16.0 Å². The van der Waals surface area contributed by atoms with Crippen molar-refractivity contribution in [1.29, 1.82) is 0 Å². The summed E-state index contributed by atoms with van der Waals surface area (Å²) in [5.41, 5.74) is 2.76. The van der Waals surface area contributed by atoms with Crippen LogP contribution in [0.25, 0.3) is 0 Å². The minimum atomic E-state index is -0.160. The van der Waals surface area contributed by atoms with Crippen molar-refractivity contribution in [1.82, 2.24) is 0 Å². The van der Waals surface area contributed by atoms with Gasteiger partial charge in [-0.05, 0) is 43.2 Å². The van der Waals surface area contributed by atoms with Crippen LogP contribution in [0.1, 0.15) is 23.1 Å². The molecule has 3 nitrogen and oxygen atoms in total. The molecule has 0 saturated carbocycles. The van der Waals surface area contributed by atoms with E-state index in [1.54, 1.807) is 11.8 Å². The Balaban J connectivity index is 2.46. The Kier molecular flexibility index (Phi) is 6.05. The second-order valence-corrected chi connectivity index (χ2v) is 5.28. The van der Waals surface area contributed by atoms with Crippen molar-refractivity contribution in [2.24, 2.45) is 0 Å². The summed E-state index contributed by atoms with van der Waals surface area (Å²) >= 11 is 1.66. The van der Waals surface area contributed by atoms with Crippen molar-refractivity contribution in [2.45, 2.75) is 26.7 Å². The topological polar surface area (TPSA) is 46.5 Å². The largest absolute Gasteiger partial charge is 0.507 e. The second kappa shape index (κ2) is 7.31. The Hall–Kier alpha value is -1.16. The first kappa shape index (κ1) is 14.9. The van der Waals surface area contributed by atoms with Gasteiger partial charge in [-0.15, -0.1) is 0 Å². The lowest BCUT2D eigenvalue weighted by Gasteiger charge is -2.08. The SMILES string of the molecule is CSCCOC(=O)CCc1cc(C)c(O)c(C)c1. The van der Waals surface area contributed by atoms with Crippen molar-refractivity contribution in [3.8, 4) is 5.75 Å². The number of hydrogen-bond donors (Lipinski definition) is 1. The first-order valence-electron chi connectivity index (χ1n) is 5.98. The number of benzene rings is 1. The highest BCUT2D eigenvalue weighted by Gasteiger charge is 2.07. The minimum absolute atomic E-state index is 0.160. The van der Waals surface area contributed by atoms with Crippen molar-refractivity contribution < 1.29 is 14.6 Å². The van der Waals surface area contributed by atoms with Crippen LogP contribution in [-0.4, -0.2) is 29.7 Å². The van der Waals surface area contributed by atoms with E-state index in [0.717, 1.165) is 22.4 Å². The quantitative estimate of drug-likeness (QED) is 0.636. The molecule has 18 heavy (non-hydrogen) atoms. The summed E-state index contributed by atoms with van der Waals surface area (Å²) in [6.07, 6.45) is 3.02. The third-order valence-corrected chi connectivity index (χ3v) is 3.29. The zero-order valence-electron chi connectivity index (χ0n) is 11.2. The molecule has 0 unspecified atom stereocenters. The number of ether oxygens (including phenoxy) is 1. The number of carbonyl (C=O) groups is 1. The molecule has 1 rings (SSSR count). The highest BCUT2D eigenvalue weighted by molar-refractivity contribution is 7.98. The third-order valence-electron chi connectivity index (χ3n) is 2.72. The Bertz CT molecular complexity index is 392. The maximum atomic E-state index is 11.4. The van der Waals surface area contributed by atoms with E-state index < -0.39 is 0 Å². The molecule has 100 valence electrons. The lowest BCUT2D eigenvalue weighted by molar-refractivity contribution is -0.142. The van der Waals surface area contributed by atoms with Crippen molar-refractivity contribution in [3.63, 3.8) is 0 Å². The fraction of sp³-hybridized carbons (Fsp3) is 0.500. The Morgan fingerprint density at radius 2 is 1.94 bits per heavy atom. The Morgan fingerprint density at radius 1 is 1.33 bits per heavy atom. The van der Waals surface area contributed by atoms with Gasteiger partial charge < -0.3 is 9.84 Å². The van der Waals surface area contributed by atoms with Crippen LogP contribution in [0.2, 0.25) is 0 Å². The standard InChI is InChI=1S/C14H20O3S/c1-10-8-12(9-11(2)14(10)16)4-5-13(15)17-6-7-18-3/h8-9,16H,4-7H2,1-3H3. The Labute approximate surface area is 113 Å². The molecule has 1 N–H and O–H groups in total. The molecule has 0 aliphatic rings. The lowest BCUT2D eigenvalue weighted by atomic mass is 10.0. The molecule has 0 aromatic heterocycles. The number of phenols is 1. The Morgan fingerprint density at radius 3 is 2.50 bits per heavy atom. The van der Waals surface area contributed by atoms with E-state index in [-0.39, 0.29) is 5.97 Å². The van der Waals surface area contributed by atoms with Crippen molar-refractivity contribution in [2.75, 3.05) is 18.6 Å². The predicted molar refractivity (Wildman–Crippen MR) is 75.2 cm³/mol. The van der Waals surface area contributed by atoms with Gasteiger partial charge in [-0.3, -0.25) is 4.79 Å². The van der Waals surface area contributed by atoms with E-state index in [0.29, 0.717) is 25.2 Å². The molecule has 0 amide bonds. The van der Waals surface area contributed by atoms with Crippen LogP contribution in [0.4, 0.5) is 0 Å². The average Bonchev–Trinajstić information content (AvgIpc) is 2.33. The van der Waals surface area contributed by atoms with E-state index in [2.05, 4.69) is 0 Å². The smallest absolute Gasteiger partial charge is 0.306 e. The molecule has 0 fully saturated rings. The van der Waals surface area contributed by atoms with E-state index in [9.17, 15) is 9.90 Å². The highest BCUT2D eigenvalue weighted by atomic mass is 32.2. The number of aryl methyl sites for hydroxylation is 3. The molecular formula is C14H20O3S. The van der Waals surface area contributed by atoms with E-state index >= 15 is 0 Å². The van der Waals surface area contributed by atoms with Gasteiger partial charge in [-0.25, -0.2) is 0 Å². The fourth-order valence-corrected chi connectivity index (χ4v) is 2.00. The summed E-state index contributed by atoms with van der Waals surface area (Å²) in [6.45, 7) is 4.21. The van der Waals surface area contributed by atoms with Gasteiger partial charge in [0.2, 0.25) is 0 Å². The molecule has 1 aromatic rings. The van der Waals surface area contributed by atoms with Gasteiger partial charge in [0, 0.05) is 12.2 Å². The number of hydrogen-bond acceptors (Lipinski definition) is 4. The summed E-state index contributed by atoms with van der Waals surface area (Å²) < 4.78 is 5.08. The van der Waals surface area contributed by atoms with Crippen LogP contribution in [0.3, 0.4) is 0 Å². The summed E-state index contributed by atoms with van der Waals surface area (Å²) in [6, 6.07) is 3.83. The van der Waals surface area contributed by atoms with Crippen LogP contribution < -0.4 is 0 Å². The molecule has 1 aromatic carbocycles. The lowest BCUT2D eigenvalue weighted by Crippen LogP contribution is -2.08. The molecule has 0 heterocycles. The summed E-state index contributed by atoms with van der Waals surface area (Å²) in [5, 5.41) is 9.66. The number of thioether (sulfide) groups is 1. The molecule has 0 spiro atoms. The van der Waals surface area contributed by atoms with Gasteiger partial charge in [-0.2, -0.15) is 11.8 Å². The van der Waals surface area contributed by atoms with Gasteiger partial charge in [0.1, 0.15) is 12.4 Å². The molecule has 0 aliphatic carbocycles.